The lowest BCUT2D eigenvalue weighted by Crippen LogP contribution is -2.09. The van der Waals surface area contributed by atoms with E-state index in [9.17, 15) is 0 Å². The third kappa shape index (κ3) is 3.75. The maximum Gasteiger partial charge on any atom is 0.143 e. The summed E-state index contributed by atoms with van der Waals surface area (Å²) in [5, 5.41) is 6.82. The van der Waals surface area contributed by atoms with E-state index in [0.29, 0.717) is 0 Å². The molecule has 0 N–H and O–H groups in total. The van der Waals surface area contributed by atoms with Gasteiger partial charge in [-0.05, 0) is 77.2 Å². The monoisotopic (exact) mass is 551 g/mol. The summed E-state index contributed by atoms with van der Waals surface area (Å²) in [7, 11) is 0. The zero-order chi connectivity index (χ0) is 28.3. The number of benzene rings is 7. The summed E-state index contributed by atoms with van der Waals surface area (Å²) in [5.41, 5.74) is 9.19. The summed E-state index contributed by atoms with van der Waals surface area (Å²) in [6.45, 7) is 0. The smallest absolute Gasteiger partial charge is 0.143 e. The molecule has 0 unspecified atom stereocenters. The van der Waals surface area contributed by atoms with Crippen LogP contribution in [0.3, 0.4) is 0 Å². The molecule has 9 aromatic rings. The molecule has 0 atom stereocenters. The molecular formula is C40H25NO2. The van der Waals surface area contributed by atoms with E-state index in [1.54, 1.807) is 0 Å². The molecule has 0 aliphatic heterocycles. The van der Waals surface area contributed by atoms with Gasteiger partial charge in [0.2, 0.25) is 0 Å². The maximum atomic E-state index is 6.45. The number of furan rings is 2. The Labute approximate surface area is 247 Å². The highest BCUT2D eigenvalue weighted by Gasteiger charge is 2.17. The lowest BCUT2D eigenvalue weighted by molar-refractivity contribution is 0.669. The third-order valence-corrected chi connectivity index (χ3v) is 8.46. The van der Waals surface area contributed by atoms with E-state index in [0.717, 1.165) is 77.5 Å². The molecule has 9 rings (SSSR count). The van der Waals surface area contributed by atoms with Gasteiger partial charge in [0.05, 0.1) is 0 Å². The van der Waals surface area contributed by atoms with Crippen LogP contribution in [0.5, 0.6) is 0 Å². The molecular weight excluding hydrogens is 526 g/mol. The quantitative estimate of drug-likeness (QED) is 0.218. The molecule has 0 aliphatic carbocycles. The van der Waals surface area contributed by atoms with Gasteiger partial charge in [-0.15, -0.1) is 0 Å². The number of anilines is 3. The summed E-state index contributed by atoms with van der Waals surface area (Å²) in [5.74, 6) is 0. The molecule has 0 fully saturated rings. The van der Waals surface area contributed by atoms with Crippen LogP contribution in [-0.4, -0.2) is 0 Å². The molecule has 0 saturated carbocycles. The molecule has 3 nitrogen and oxygen atoms in total. The van der Waals surface area contributed by atoms with Gasteiger partial charge in [0.15, 0.2) is 0 Å². The van der Waals surface area contributed by atoms with Gasteiger partial charge in [0, 0.05) is 44.0 Å². The van der Waals surface area contributed by atoms with Crippen molar-refractivity contribution in [3.05, 3.63) is 152 Å². The van der Waals surface area contributed by atoms with Crippen molar-refractivity contribution in [3.63, 3.8) is 0 Å². The predicted molar refractivity (Wildman–Crippen MR) is 179 cm³/mol. The molecule has 0 radical (unpaired) electrons. The second kappa shape index (κ2) is 9.37. The summed E-state index contributed by atoms with van der Waals surface area (Å²) < 4.78 is 12.6. The molecule has 2 aromatic heterocycles. The van der Waals surface area contributed by atoms with Crippen LogP contribution in [0.15, 0.2) is 160 Å². The zero-order valence-electron chi connectivity index (χ0n) is 23.2. The summed E-state index contributed by atoms with van der Waals surface area (Å²) in [6.07, 6.45) is 0. The van der Waals surface area contributed by atoms with Gasteiger partial charge in [-0.3, -0.25) is 0 Å². The van der Waals surface area contributed by atoms with Gasteiger partial charge in [-0.1, -0.05) is 91.0 Å². The number of rotatable bonds is 4. The number of para-hydroxylation sites is 3. The normalized spacial score (nSPS) is 11.7. The van der Waals surface area contributed by atoms with Crippen LogP contribution in [0.4, 0.5) is 17.1 Å². The van der Waals surface area contributed by atoms with E-state index in [-0.39, 0.29) is 0 Å². The van der Waals surface area contributed by atoms with Gasteiger partial charge >= 0.3 is 0 Å². The Morgan fingerprint density at radius 2 is 1.05 bits per heavy atom. The van der Waals surface area contributed by atoms with Gasteiger partial charge in [0.1, 0.15) is 22.3 Å². The molecule has 0 aliphatic rings. The van der Waals surface area contributed by atoms with E-state index < -0.39 is 0 Å². The fourth-order valence-corrected chi connectivity index (χ4v) is 6.46. The van der Waals surface area contributed by atoms with Crippen LogP contribution in [-0.2, 0) is 0 Å². The summed E-state index contributed by atoms with van der Waals surface area (Å²) in [4.78, 5) is 2.30. The fraction of sp³-hybridized carbons (Fsp3) is 0. The Hall–Kier alpha value is -5.80. The van der Waals surface area contributed by atoms with Crippen molar-refractivity contribution >= 4 is 71.7 Å². The summed E-state index contributed by atoms with van der Waals surface area (Å²) >= 11 is 0. The third-order valence-electron chi connectivity index (χ3n) is 8.46. The maximum absolute atomic E-state index is 6.45. The SMILES string of the molecule is c1ccc(N(c2ccc(-c3cccc4ccc5c6ccccc6oc5c34)cc2)c2ccc3oc4ccccc4c3c2)cc1. The minimum absolute atomic E-state index is 0.890. The van der Waals surface area contributed by atoms with E-state index in [1.165, 1.54) is 5.39 Å². The molecule has 43 heavy (non-hydrogen) atoms. The molecule has 3 heteroatoms. The number of fused-ring (bicyclic) bond motifs is 8. The standard InChI is InChI=1S/C40H25NO2/c1-2-10-28(11-3-1)41(30-22-24-38-35(25-30)33-13-5-6-15-36(33)42-38)29-20-17-26(18-21-29)31-14-8-9-27-19-23-34-32-12-4-7-16-37(32)43-40(34)39(27)31/h1-25H. The van der Waals surface area contributed by atoms with Crippen LogP contribution < -0.4 is 4.90 Å². The lowest BCUT2D eigenvalue weighted by atomic mass is 9.96. The van der Waals surface area contributed by atoms with Crippen LogP contribution in [0.1, 0.15) is 0 Å². The van der Waals surface area contributed by atoms with Crippen molar-refractivity contribution in [1.82, 2.24) is 0 Å². The Kier molecular flexibility index (Phi) is 5.20. The molecule has 202 valence electrons. The first-order chi connectivity index (χ1) is 21.3. The highest BCUT2D eigenvalue weighted by Crippen LogP contribution is 2.41. The number of hydrogen-bond donors (Lipinski definition) is 0. The Morgan fingerprint density at radius 1 is 0.395 bits per heavy atom. The number of hydrogen-bond acceptors (Lipinski definition) is 3. The van der Waals surface area contributed by atoms with Crippen LogP contribution in [0, 0.1) is 0 Å². The lowest BCUT2D eigenvalue weighted by Gasteiger charge is -2.25. The molecule has 0 spiro atoms. The largest absolute Gasteiger partial charge is 0.456 e. The van der Waals surface area contributed by atoms with Gasteiger partial charge < -0.3 is 13.7 Å². The van der Waals surface area contributed by atoms with Crippen molar-refractivity contribution in [1.29, 1.82) is 0 Å². The van der Waals surface area contributed by atoms with E-state index >= 15 is 0 Å². The molecule has 2 heterocycles. The molecule has 0 bridgehead atoms. The van der Waals surface area contributed by atoms with Crippen molar-refractivity contribution in [2.45, 2.75) is 0 Å². The second-order valence-corrected chi connectivity index (χ2v) is 10.9. The molecule has 7 aromatic carbocycles. The van der Waals surface area contributed by atoms with Gasteiger partial charge in [-0.25, -0.2) is 0 Å². The first kappa shape index (κ1) is 23.9. The van der Waals surface area contributed by atoms with Gasteiger partial charge in [0.25, 0.3) is 0 Å². The average molecular weight is 552 g/mol. The minimum Gasteiger partial charge on any atom is -0.456 e. The van der Waals surface area contributed by atoms with Gasteiger partial charge in [-0.2, -0.15) is 0 Å². The topological polar surface area (TPSA) is 29.5 Å². The van der Waals surface area contributed by atoms with E-state index in [1.807, 2.05) is 24.3 Å². The van der Waals surface area contributed by atoms with Crippen LogP contribution in [0.2, 0.25) is 0 Å². The molecule has 0 amide bonds. The Balaban J connectivity index is 1.20. The average Bonchev–Trinajstić information content (AvgIpc) is 3.64. The summed E-state index contributed by atoms with van der Waals surface area (Å²) in [6, 6.07) is 53.1. The van der Waals surface area contributed by atoms with Crippen molar-refractivity contribution in [3.8, 4) is 11.1 Å². The minimum atomic E-state index is 0.890. The zero-order valence-corrected chi connectivity index (χ0v) is 23.2. The first-order valence-electron chi connectivity index (χ1n) is 14.5. The van der Waals surface area contributed by atoms with Crippen molar-refractivity contribution < 1.29 is 8.83 Å². The molecule has 0 saturated heterocycles. The first-order valence-corrected chi connectivity index (χ1v) is 14.5. The fourth-order valence-electron chi connectivity index (χ4n) is 6.46. The highest BCUT2D eigenvalue weighted by atomic mass is 16.3. The van der Waals surface area contributed by atoms with Crippen molar-refractivity contribution in [2.24, 2.45) is 0 Å². The number of nitrogens with zero attached hydrogens (tertiary/aromatic N) is 1. The van der Waals surface area contributed by atoms with E-state index in [2.05, 4.69) is 132 Å². The predicted octanol–water partition coefficient (Wildman–Crippen LogP) is 11.8. The Morgan fingerprint density at radius 3 is 1.86 bits per heavy atom. The van der Waals surface area contributed by atoms with E-state index in [4.69, 9.17) is 8.83 Å². The highest BCUT2D eigenvalue weighted by molar-refractivity contribution is 6.19. The van der Waals surface area contributed by atoms with Crippen LogP contribution >= 0.6 is 0 Å². The van der Waals surface area contributed by atoms with Crippen LogP contribution in [0.25, 0.3) is 65.8 Å². The second-order valence-electron chi connectivity index (χ2n) is 10.9. The van der Waals surface area contributed by atoms with Crippen molar-refractivity contribution in [2.75, 3.05) is 4.90 Å². The Bertz CT molecular complexity index is 2450.